The summed E-state index contributed by atoms with van der Waals surface area (Å²) < 4.78 is 30.4. The molecule has 8 heteroatoms. The molecule has 7 nitrogen and oxygen atoms in total. The zero-order valence-corrected chi connectivity index (χ0v) is 13.5. The minimum absolute atomic E-state index is 0.0756. The average Bonchev–Trinajstić information content (AvgIpc) is 3.11. The van der Waals surface area contributed by atoms with Crippen molar-refractivity contribution in [2.45, 2.75) is 5.91 Å². The van der Waals surface area contributed by atoms with Crippen molar-refractivity contribution in [3.63, 3.8) is 0 Å². The van der Waals surface area contributed by atoms with Gasteiger partial charge in [0, 0.05) is 43.8 Å². The van der Waals surface area contributed by atoms with Gasteiger partial charge in [0.2, 0.25) is 0 Å². The number of methoxy groups -OCH3 is 1. The molecule has 0 amide bonds. The summed E-state index contributed by atoms with van der Waals surface area (Å²) in [6, 6.07) is 4.05. The predicted octanol–water partition coefficient (Wildman–Crippen LogP) is 0.800. The SMILES string of the molecule is COc1ccc(F)cc1N1CC2CNCC2C12OC(=O)C=CC(=O)O2. The average molecular weight is 348 g/mol. The molecule has 0 saturated carbocycles. The monoisotopic (exact) mass is 348 g/mol. The number of ether oxygens (including phenoxy) is 3. The number of carbonyl (C=O) groups excluding carboxylic acids is 2. The fraction of sp³-hybridized carbons (Fsp3) is 0.412. The van der Waals surface area contributed by atoms with Gasteiger partial charge in [0.25, 0.3) is 0 Å². The maximum Gasteiger partial charge on any atom is 0.347 e. The molecule has 132 valence electrons. The van der Waals surface area contributed by atoms with Crippen molar-refractivity contribution in [2.75, 3.05) is 31.6 Å². The third-order valence-electron chi connectivity index (χ3n) is 4.88. The quantitative estimate of drug-likeness (QED) is 0.792. The molecular weight excluding hydrogens is 331 g/mol. The van der Waals surface area contributed by atoms with Crippen LogP contribution in [0.2, 0.25) is 0 Å². The van der Waals surface area contributed by atoms with E-state index >= 15 is 0 Å². The standard InChI is InChI=1S/C17H17FN2O5/c1-23-14-3-2-11(18)6-13(14)20-9-10-7-19-8-12(10)17(20)24-15(21)4-5-16(22)25-17/h2-6,10,12,19H,7-9H2,1H3. The normalized spacial score (nSPS) is 27.0. The van der Waals surface area contributed by atoms with Crippen molar-refractivity contribution in [1.82, 2.24) is 5.32 Å². The van der Waals surface area contributed by atoms with E-state index in [1.165, 1.54) is 25.3 Å². The van der Waals surface area contributed by atoms with E-state index in [2.05, 4.69) is 5.32 Å². The van der Waals surface area contributed by atoms with Gasteiger partial charge in [-0.1, -0.05) is 0 Å². The van der Waals surface area contributed by atoms with Gasteiger partial charge in [0.15, 0.2) is 0 Å². The number of halogens is 1. The molecule has 0 bridgehead atoms. The first-order valence-corrected chi connectivity index (χ1v) is 7.99. The van der Waals surface area contributed by atoms with Crippen molar-refractivity contribution < 1.29 is 28.2 Å². The predicted molar refractivity (Wildman–Crippen MR) is 84.2 cm³/mol. The first-order chi connectivity index (χ1) is 12.0. The lowest BCUT2D eigenvalue weighted by atomic mass is 9.97. The fourth-order valence-electron chi connectivity index (χ4n) is 3.83. The molecule has 2 fully saturated rings. The van der Waals surface area contributed by atoms with Gasteiger partial charge in [-0.05, 0) is 12.1 Å². The molecule has 0 radical (unpaired) electrons. The molecule has 1 aromatic rings. The fourth-order valence-corrected chi connectivity index (χ4v) is 3.83. The third kappa shape index (κ3) is 2.44. The van der Waals surface area contributed by atoms with Crippen LogP contribution in [-0.4, -0.2) is 44.6 Å². The highest BCUT2D eigenvalue weighted by Gasteiger charge is 2.62. The van der Waals surface area contributed by atoms with Crippen molar-refractivity contribution >= 4 is 17.6 Å². The zero-order valence-electron chi connectivity index (χ0n) is 13.5. The van der Waals surface area contributed by atoms with Crippen LogP contribution in [0.3, 0.4) is 0 Å². The summed E-state index contributed by atoms with van der Waals surface area (Å²) in [5.41, 5.74) is 0.374. The van der Waals surface area contributed by atoms with Crippen molar-refractivity contribution in [3.8, 4) is 5.75 Å². The molecule has 1 N–H and O–H groups in total. The molecule has 1 aromatic carbocycles. The maximum atomic E-state index is 13.9. The van der Waals surface area contributed by atoms with Gasteiger partial charge >= 0.3 is 17.8 Å². The second kappa shape index (κ2) is 5.73. The summed E-state index contributed by atoms with van der Waals surface area (Å²) in [4.78, 5) is 25.8. The van der Waals surface area contributed by atoms with Crippen LogP contribution in [0.15, 0.2) is 30.4 Å². The van der Waals surface area contributed by atoms with Gasteiger partial charge in [-0.3, -0.25) is 4.90 Å². The molecule has 3 aliphatic rings. The summed E-state index contributed by atoms with van der Waals surface area (Å²) in [5, 5.41) is 3.22. The second-order valence-corrected chi connectivity index (χ2v) is 6.26. The van der Waals surface area contributed by atoms with Crippen LogP contribution in [0.4, 0.5) is 10.1 Å². The summed E-state index contributed by atoms with van der Waals surface area (Å²) in [6.45, 7) is 1.63. The van der Waals surface area contributed by atoms with E-state index in [1.807, 2.05) is 0 Å². The van der Waals surface area contributed by atoms with Gasteiger partial charge < -0.3 is 19.5 Å². The van der Waals surface area contributed by atoms with Crippen LogP contribution in [-0.2, 0) is 19.1 Å². The Morgan fingerprint density at radius 1 is 1.24 bits per heavy atom. The first-order valence-electron chi connectivity index (χ1n) is 7.99. The molecule has 1 spiro atoms. The van der Waals surface area contributed by atoms with E-state index in [-0.39, 0.29) is 11.8 Å². The smallest absolute Gasteiger partial charge is 0.347 e. The largest absolute Gasteiger partial charge is 0.495 e. The molecule has 25 heavy (non-hydrogen) atoms. The summed E-state index contributed by atoms with van der Waals surface area (Å²) in [6.07, 6.45) is 2.07. The number of fused-ring (bicyclic) bond motifs is 2. The third-order valence-corrected chi connectivity index (χ3v) is 4.88. The Kier molecular flexibility index (Phi) is 3.64. The lowest BCUT2D eigenvalue weighted by Crippen LogP contribution is -2.55. The van der Waals surface area contributed by atoms with E-state index in [9.17, 15) is 14.0 Å². The number of nitrogens with zero attached hydrogens (tertiary/aromatic N) is 1. The topological polar surface area (TPSA) is 77.1 Å². The van der Waals surface area contributed by atoms with E-state index in [1.54, 1.807) is 4.90 Å². The lowest BCUT2D eigenvalue weighted by Gasteiger charge is -2.39. The van der Waals surface area contributed by atoms with Crippen LogP contribution in [0.25, 0.3) is 0 Å². The number of nitrogens with one attached hydrogen (secondary N) is 1. The Balaban J connectivity index is 1.85. The number of hydrogen-bond acceptors (Lipinski definition) is 7. The van der Waals surface area contributed by atoms with E-state index < -0.39 is 23.7 Å². The minimum atomic E-state index is -1.63. The molecule has 4 rings (SSSR count). The zero-order chi connectivity index (χ0) is 17.6. The molecule has 2 saturated heterocycles. The Morgan fingerprint density at radius 3 is 2.64 bits per heavy atom. The number of benzene rings is 1. The summed E-state index contributed by atoms with van der Waals surface area (Å²) >= 11 is 0. The molecule has 2 unspecified atom stereocenters. The number of rotatable bonds is 2. The van der Waals surface area contributed by atoms with E-state index in [4.69, 9.17) is 14.2 Å². The van der Waals surface area contributed by atoms with Gasteiger partial charge in [-0.2, -0.15) is 0 Å². The highest BCUT2D eigenvalue weighted by molar-refractivity contribution is 5.93. The maximum absolute atomic E-state index is 13.9. The van der Waals surface area contributed by atoms with Crippen molar-refractivity contribution in [1.29, 1.82) is 0 Å². The minimum Gasteiger partial charge on any atom is -0.495 e. The molecule has 0 aromatic heterocycles. The first kappa shape index (κ1) is 15.9. The molecule has 3 heterocycles. The van der Waals surface area contributed by atoms with Gasteiger partial charge in [0.1, 0.15) is 11.6 Å². The second-order valence-electron chi connectivity index (χ2n) is 6.26. The van der Waals surface area contributed by atoms with E-state index in [0.717, 1.165) is 12.2 Å². The molecule has 3 aliphatic heterocycles. The van der Waals surface area contributed by atoms with Crippen LogP contribution >= 0.6 is 0 Å². The number of anilines is 1. The van der Waals surface area contributed by atoms with Crippen LogP contribution in [0.1, 0.15) is 0 Å². The summed E-state index contributed by atoms with van der Waals surface area (Å²) in [5.74, 6) is -3.26. The summed E-state index contributed by atoms with van der Waals surface area (Å²) in [7, 11) is 1.47. The number of carbonyl (C=O) groups is 2. The number of hydrogen-bond donors (Lipinski definition) is 1. The van der Waals surface area contributed by atoms with Crippen LogP contribution in [0.5, 0.6) is 5.75 Å². The Bertz CT molecular complexity index is 745. The van der Waals surface area contributed by atoms with Gasteiger partial charge in [-0.15, -0.1) is 0 Å². The highest BCUT2D eigenvalue weighted by atomic mass is 19.1. The Labute approximate surface area is 143 Å². The molecule has 0 aliphatic carbocycles. The van der Waals surface area contributed by atoms with Crippen LogP contribution < -0.4 is 15.0 Å². The lowest BCUT2D eigenvalue weighted by molar-refractivity contribution is -0.231. The Morgan fingerprint density at radius 2 is 1.96 bits per heavy atom. The molecule has 2 atom stereocenters. The highest BCUT2D eigenvalue weighted by Crippen LogP contribution is 2.48. The van der Waals surface area contributed by atoms with Crippen molar-refractivity contribution in [2.24, 2.45) is 11.8 Å². The van der Waals surface area contributed by atoms with Gasteiger partial charge in [0.05, 0.1) is 18.7 Å². The van der Waals surface area contributed by atoms with E-state index in [0.29, 0.717) is 31.1 Å². The Hall–Kier alpha value is -2.61. The van der Waals surface area contributed by atoms with Crippen molar-refractivity contribution in [3.05, 3.63) is 36.2 Å². The van der Waals surface area contributed by atoms with Crippen LogP contribution in [0, 0.1) is 17.7 Å². The number of esters is 2. The molecular formula is C17H17FN2O5. The van der Waals surface area contributed by atoms with Gasteiger partial charge in [-0.25, -0.2) is 14.0 Å².